The van der Waals surface area contributed by atoms with Crippen molar-refractivity contribution in [2.24, 2.45) is 5.92 Å². The molecule has 26 heavy (non-hydrogen) atoms. The van der Waals surface area contributed by atoms with E-state index in [0.717, 1.165) is 31.7 Å². The van der Waals surface area contributed by atoms with Crippen LogP contribution in [0.5, 0.6) is 5.75 Å². The van der Waals surface area contributed by atoms with Crippen LogP contribution in [0.1, 0.15) is 42.9 Å². The summed E-state index contributed by atoms with van der Waals surface area (Å²) in [5.74, 6) is -1.83. The first-order chi connectivity index (χ1) is 11.4. The summed E-state index contributed by atoms with van der Waals surface area (Å²) in [6, 6.07) is 0.863. The molecule has 1 aromatic carbocycles. The van der Waals surface area contributed by atoms with Gasteiger partial charge in [-0.3, -0.25) is 4.90 Å². The third-order valence-corrected chi connectivity index (χ3v) is 5.16. The SMILES string of the molecule is Cl.Cl.Oc1c(F)ccc(C(F)(F)F)c1[C@H](C1CCCC1)N1CCNCC1. The maximum Gasteiger partial charge on any atom is 0.416 e. The zero-order chi connectivity index (χ0) is 17.3. The molecule has 1 aliphatic heterocycles. The number of hydrogen-bond donors (Lipinski definition) is 2. The molecule has 2 N–H and O–H groups in total. The molecule has 3 rings (SSSR count). The fourth-order valence-corrected chi connectivity index (χ4v) is 4.08. The highest BCUT2D eigenvalue weighted by atomic mass is 35.5. The monoisotopic (exact) mass is 418 g/mol. The minimum absolute atomic E-state index is 0. The molecule has 1 aromatic rings. The lowest BCUT2D eigenvalue weighted by atomic mass is 9.86. The lowest BCUT2D eigenvalue weighted by Crippen LogP contribution is -2.47. The fourth-order valence-electron chi connectivity index (χ4n) is 4.08. The van der Waals surface area contributed by atoms with Crippen molar-refractivity contribution in [3.8, 4) is 5.75 Å². The largest absolute Gasteiger partial charge is 0.505 e. The summed E-state index contributed by atoms with van der Waals surface area (Å²) in [6.45, 7) is 2.55. The Morgan fingerprint density at radius 2 is 1.65 bits per heavy atom. The van der Waals surface area contributed by atoms with Gasteiger partial charge in [0.1, 0.15) is 0 Å². The van der Waals surface area contributed by atoms with Crippen LogP contribution in [0.4, 0.5) is 17.6 Å². The summed E-state index contributed by atoms with van der Waals surface area (Å²) in [6.07, 6.45) is -1.08. The van der Waals surface area contributed by atoms with E-state index in [9.17, 15) is 22.7 Å². The molecule has 1 saturated carbocycles. The van der Waals surface area contributed by atoms with E-state index in [2.05, 4.69) is 5.32 Å². The summed E-state index contributed by atoms with van der Waals surface area (Å²) in [5.41, 5.74) is -1.20. The molecule has 0 amide bonds. The van der Waals surface area contributed by atoms with Crippen molar-refractivity contribution in [2.45, 2.75) is 37.9 Å². The van der Waals surface area contributed by atoms with Crippen LogP contribution in [0, 0.1) is 11.7 Å². The Morgan fingerprint density at radius 1 is 1.08 bits per heavy atom. The maximum atomic E-state index is 13.9. The lowest BCUT2D eigenvalue weighted by Gasteiger charge is -2.39. The van der Waals surface area contributed by atoms with Gasteiger partial charge in [0.2, 0.25) is 0 Å². The first-order valence-corrected chi connectivity index (χ1v) is 8.43. The molecule has 9 heteroatoms. The number of alkyl halides is 3. The van der Waals surface area contributed by atoms with E-state index in [0.29, 0.717) is 32.2 Å². The molecule has 0 radical (unpaired) electrons. The highest BCUT2D eigenvalue weighted by molar-refractivity contribution is 5.85. The number of piperazine rings is 1. The number of phenolic OH excluding ortho intramolecular Hbond substituents is 1. The van der Waals surface area contributed by atoms with Crippen LogP contribution in [0.25, 0.3) is 0 Å². The van der Waals surface area contributed by atoms with Crippen LogP contribution >= 0.6 is 24.8 Å². The topological polar surface area (TPSA) is 35.5 Å². The summed E-state index contributed by atoms with van der Waals surface area (Å²) < 4.78 is 54.4. The van der Waals surface area contributed by atoms with Crippen molar-refractivity contribution in [1.29, 1.82) is 0 Å². The van der Waals surface area contributed by atoms with Gasteiger partial charge in [-0.05, 0) is 30.9 Å². The first-order valence-electron chi connectivity index (χ1n) is 8.43. The molecule has 1 saturated heterocycles. The maximum absolute atomic E-state index is 13.9. The summed E-state index contributed by atoms with van der Waals surface area (Å²) in [5, 5.41) is 13.4. The molecule has 3 nitrogen and oxygen atoms in total. The third kappa shape index (κ3) is 4.74. The average molecular weight is 419 g/mol. The van der Waals surface area contributed by atoms with Gasteiger partial charge in [0.05, 0.1) is 5.56 Å². The van der Waals surface area contributed by atoms with Crippen molar-refractivity contribution in [1.82, 2.24) is 10.2 Å². The number of rotatable bonds is 3. The van der Waals surface area contributed by atoms with Crippen molar-refractivity contribution >= 4 is 24.8 Å². The van der Waals surface area contributed by atoms with E-state index in [-0.39, 0.29) is 36.3 Å². The van der Waals surface area contributed by atoms with Crippen LogP contribution in [0.3, 0.4) is 0 Å². The Balaban J connectivity index is 0.00000169. The van der Waals surface area contributed by atoms with Gasteiger partial charge in [-0.1, -0.05) is 12.8 Å². The molecule has 0 bridgehead atoms. The summed E-state index contributed by atoms with van der Waals surface area (Å²) in [7, 11) is 0. The van der Waals surface area contributed by atoms with Crippen molar-refractivity contribution in [3.63, 3.8) is 0 Å². The van der Waals surface area contributed by atoms with Gasteiger partial charge in [-0.15, -0.1) is 24.8 Å². The number of nitrogens with one attached hydrogen (secondary N) is 1. The summed E-state index contributed by atoms with van der Waals surface area (Å²) in [4.78, 5) is 1.97. The zero-order valence-corrected chi connectivity index (χ0v) is 15.8. The van der Waals surface area contributed by atoms with E-state index in [1.54, 1.807) is 0 Å². The predicted octanol–water partition coefficient (Wildman–Crippen LogP) is 4.53. The molecule has 1 atom stereocenters. The number of phenols is 1. The third-order valence-electron chi connectivity index (χ3n) is 5.16. The van der Waals surface area contributed by atoms with Gasteiger partial charge in [0, 0.05) is 37.8 Å². The molecule has 0 unspecified atom stereocenters. The molecular weight excluding hydrogens is 395 g/mol. The quantitative estimate of drug-likeness (QED) is 0.707. The first kappa shape index (κ1) is 23.3. The van der Waals surface area contributed by atoms with Crippen LogP contribution in [-0.2, 0) is 6.18 Å². The van der Waals surface area contributed by atoms with Crippen LogP contribution in [0.15, 0.2) is 12.1 Å². The molecular formula is C17H24Cl2F4N2O. The van der Waals surface area contributed by atoms with Gasteiger partial charge < -0.3 is 10.4 Å². The molecule has 2 fully saturated rings. The Hall–Kier alpha value is -0.760. The normalized spacial score (nSPS) is 20.3. The second-order valence-corrected chi connectivity index (χ2v) is 6.63. The van der Waals surface area contributed by atoms with Gasteiger partial charge in [-0.2, -0.15) is 13.2 Å². The average Bonchev–Trinajstić information content (AvgIpc) is 3.06. The fraction of sp³-hybridized carbons (Fsp3) is 0.647. The van der Waals surface area contributed by atoms with Gasteiger partial charge in [0.25, 0.3) is 0 Å². The predicted molar refractivity (Wildman–Crippen MR) is 96.7 cm³/mol. The van der Waals surface area contributed by atoms with E-state index in [1.807, 2.05) is 4.90 Å². The number of hydrogen-bond acceptors (Lipinski definition) is 3. The molecule has 150 valence electrons. The highest BCUT2D eigenvalue weighted by Crippen LogP contribution is 2.48. The highest BCUT2D eigenvalue weighted by Gasteiger charge is 2.42. The van der Waals surface area contributed by atoms with Crippen molar-refractivity contribution in [2.75, 3.05) is 26.2 Å². The van der Waals surface area contributed by atoms with Crippen molar-refractivity contribution in [3.05, 3.63) is 29.1 Å². The van der Waals surface area contributed by atoms with Gasteiger partial charge in [0.15, 0.2) is 11.6 Å². The van der Waals surface area contributed by atoms with E-state index < -0.39 is 29.3 Å². The number of benzene rings is 1. The second-order valence-electron chi connectivity index (χ2n) is 6.63. The minimum Gasteiger partial charge on any atom is -0.505 e. The smallest absolute Gasteiger partial charge is 0.416 e. The van der Waals surface area contributed by atoms with Crippen LogP contribution < -0.4 is 5.32 Å². The molecule has 0 aromatic heterocycles. The molecule has 2 aliphatic rings. The Kier molecular flexibility index (Phi) is 8.45. The van der Waals surface area contributed by atoms with Gasteiger partial charge in [-0.25, -0.2) is 4.39 Å². The second kappa shape index (κ2) is 9.44. The van der Waals surface area contributed by atoms with E-state index in [4.69, 9.17) is 0 Å². The zero-order valence-electron chi connectivity index (χ0n) is 14.2. The van der Waals surface area contributed by atoms with E-state index in [1.165, 1.54) is 0 Å². The lowest BCUT2D eigenvalue weighted by molar-refractivity contribution is -0.139. The number of aromatic hydroxyl groups is 1. The molecule has 0 spiro atoms. The standard InChI is InChI=1S/C17H22F4N2O.2ClH/c18-13-6-5-12(17(19,20)21)14(16(13)24)15(11-3-1-2-4-11)23-9-7-22-8-10-23;;/h5-6,11,15,22,24H,1-4,7-10H2;2*1H/t15-;;/m0../s1. The Labute approximate surface area is 163 Å². The Bertz CT molecular complexity index is 589. The van der Waals surface area contributed by atoms with Crippen molar-refractivity contribution < 1.29 is 22.7 Å². The molecule has 1 aliphatic carbocycles. The Morgan fingerprint density at radius 3 is 2.19 bits per heavy atom. The van der Waals surface area contributed by atoms with Crippen LogP contribution in [0.2, 0.25) is 0 Å². The van der Waals surface area contributed by atoms with E-state index >= 15 is 0 Å². The summed E-state index contributed by atoms with van der Waals surface area (Å²) >= 11 is 0. The van der Waals surface area contributed by atoms with Crippen LogP contribution in [-0.4, -0.2) is 36.2 Å². The molecule has 1 heterocycles. The number of nitrogens with zero attached hydrogens (tertiary/aromatic N) is 1. The minimum atomic E-state index is -4.62. The van der Waals surface area contributed by atoms with Gasteiger partial charge >= 0.3 is 6.18 Å². The number of halogens is 6.